The highest BCUT2D eigenvalue weighted by molar-refractivity contribution is 5.41. The molecule has 2 aliphatic heterocycles. The second-order valence-corrected chi connectivity index (χ2v) is 6.69. The average Bonchev–Trinajstić information content (AvgIpc) is 2.99. The van der Waals surface area contributed by atoms with Crippen LogP contribution in [0.4, 0.5) is 19.0 Å². The molecule has 134 valence electrons. The highest BCUT2D eigenvalue weighted by Gasteiger charge is 2.32. The lowest BCUT2D eigenvalue weighted by Gasteiger charge is -2.34. The topological polar surface area (TPSA) is 59.8 Å². The fourth-order valence-electron chi connectivity index (χ4n) is 3.45. The maximum Gasteiger partial charge on any atom is 0.417 e. The van der Waals surface area contributed by atoms with Gasteiger partial charge in [-0.1, -0.05) is 0 Å². The normalized spacial score (nSPS) is 29.2. The maximum absolute atomic E-state index is 12.6. The minimum atomic E-state index is -4.36. The summed E-state index contributed by atoms with van der Waals surface area (Å²) in [6.45, 7) is 3.56. The minimum absolute atomic E-state index is 0.386. The summed E-state index contributed by atoms with van der Waals surface area (Å²) >= 11 is 0. The van der Waals surface area contributed by atoms with E-state index >= 15 is 0 Å². The van der Waals surface area contributed by atoms with Crippen molar-refractivity contribution >= 4 is 5.82 Å². The van der Waals surface area contributed by atoms with Crippen molar-refractivity contribution in [3.8, 4) is 0 Å². The number of piperidine rings is 1. The largest absolute Gasteiger partial charge is 0.417 e. The first-order chi connectivity index (χ1) is 11.3. The summed E-state index contributed by atoms with van der Waals surface area (Å²) < 4.78 is 37.7. The van der Waals surface area contributed by atoms with Crippen LogP contribution in [0, 0.1) is 5.92 Å². The van der Waals surface area contributed by atoms with Crippen LogP contribution in [-0.4, -0.2) is 65.0 Å². The number of hydrogen-bond donors (Lipinski definition) is 2. The zero-order valence-corrected chi connectivity index (χ0v) is 13.3. The number of rotatable bonds is 3. The monoisotopic (exact) mass is 345 g/mol. The number of pyridine rings is 1. The number of hydrogen-bond acceptors (Lipinski definition) is 5. The summed E-state index contributed by atoms with van der Waals surface area (Å²) in [5, 5.41) is 19.3. The summed E-state index contributed by atoms with van der Waals surface area (Å²) in [6.07, 6.45) is -3.31. The summed E-state index contributed by atoms with van der Waals surface area (Å²) in [5.74, 6) is 0.955. The molecule has 2 saturated heterocycles. The quantitative estimate of drug-likeness (QED) is 0.866. The molecule has 0 bridgehead atoms. The summed E-state index contributed by atoms with van der Waals surface area (Å²) in [7, 11) is 0. The third-order valence-electron chi connectivity index (χ3n) is 4.83. The number of aliphatic hydroxyl groups is 2. The Kier molecular flexibility index (Phi) is 4.98. The fourth-order valence-corrected chi connectivity index (χ4v) is 3.45. The van der Waals surface area contributed by atoms with Gasteiger partial charge in [-0.3, -0.25) is 0 Å². The molecule has 5 nitrogen and oxygen atoms in total. The molecule has 2 aliphatic rings. The Hall–Kier alpha value is -1.38. The second-order valence-electron chi connectivity index (χ2n) is 6.69. The van der Waals surface area contributed by atoms with Crippen molar-refractivity contribution in [1.29, 1.82) is 0 Å². The molecule has 2 N–H and O–H groups in total. The summed E-state index contributed by atoms with van der Waals surface area (Å²) in [6, 6.07) is 2.49. The second kappa shape index (κ2) is 6.85. The van der Waals surface area contributed by atoms with Crippen molar-refractivity contribution in [1.82, 2.24) is 9.88 Å². The lowest BCUT2D eigenvalue weighted by Crippen LogP contribution is -2.48. The van der Waals surface area contributed by atoms with Gasteiger partial charge in [-0.2, -0.15) is 13.2 Å². The maximum atomic E-state index is 12.6. The van der Waals surface area contributed by atoms with Gasteiger partial charge in [-0.15, -0.1) is 0 Å². The van der Waals surface area contributed by atoms with Crippen LogP contribution in [0.15, 0.2) is 18.3 Å². The number of likely N-dealkylation sites (tertiary alicyclic amines) is 1. The zero-order valence-electron chi connectivity index (χ0n) is 13.3. The van der Waals surface area contributed by atoms with Crippen LogP contribution in [-0.2, 0) is 6.18 Å². The van der Waals surface area contributed by atoms with Crippen LogP contribution in [0.2, 0.25) is 0 Å². The number of alkyl halides is 3. The molecule has 3 atom stereocenters. The lowest BCUT2D eigenvalue weighted by molar-refractivity contribution is -0.137. The number of aliphatic hydroxyl groups excluding tert-OH is 2. The van der Waals surface area contributed by atoms with Crippen LogP contribution in [0.3, 0.4) is 0 Å². The first-order valence-electron chi connectivity index (χ1n) is 8.19. The van der Waals surface area contributed by atoms with E-state index in [4.69, 9.17) is 0 Å². The Balaban J connectivity index is 1.54. The molecule has 1 aromatic rings. The van der Waals surface area contributed by atoms with Crippen molar-refractivity contribution in [2.24, 2.45) is 5.92 Å². The summed E-state index contributed by atoms with van der Waals surface area (Å²) in [4.78, 5) is 8.09. The standard InChI is InChI=1S/C16H22F3N3O2/c17-16(18,19)12-1-2-15(20-7-12)22-6-3-11(9-22)8-21-5-4-13(23)14(24)10-21/h1-2,7,11,13-14,23-24H,3-6,8-10H2/t11-,13+,14+/m0/s1. The van der Waals surface area contributed by atoms with Gasteiger partial charge in [0.05, 0.1) is 17.8 Å². The lowest BCUT2D eigenvalue weighted by atomic mass is 10.0. The molecule has 0 saturated carbocycles. The molecule has 1 aromatic heterocycles. The zero-order chi connectivity index (χ0) is 17.3. The molecule has 8 heteroatoms. The number of β-amino-alcohol motifs (C(OH)–C–C–N with tert-alkyl or cyclic N) is 1. The van der Waals surface area contributed by atoms with Crippen LogP contribution < -0.4 is 4.90 Å². The third kappa shape index (κ3) is 3.99. The van der Waals surface area contributed by atoms with Gasteiger partial charge in [0, 0.05) is 38.9 Å². The summed E-state index contributed by atoms with van der Waals surface area (Å²) in [5.41, 5.74) is -0.733. The minimum Gasteiger partial charge on any atom is -0.390 e. The van der Waals surface area contributed by atoms with Gasteiger partial charge in [0.2, 0.25) is 0 Å². The first kappa shape index (κ1) is 17.4. The van der Waals surface area contributed by atoms with Crippen LogP contribution in [0.1, 0.15) is 18.4 Å². The molecule has 0 spiro atoms. The Labute approximate surface area is 138 Å². The van der Waals surface area contributed by atoms with E-state index in [1.165, 1.54) is 6.07 Å². The number of anilines is 1. The van der Waals surface area contributed by atoms with Gasteiger partial charge in [0.25, 0.3) is 0 Å². The van der Waals surface area contributed by atoms with E-state index in [9.17, 15) is 23.4 Å². The van der Waals surface area contributed by atoms with Crippen molar-refractivity contribution in [3.05, 3.63) is 23.9 Å². The van der Waals surface area contributed by atoms with Gasteiger partial charge in [-0.25, -0.2) is 4.98 Å². The van der Waals surface area contributed by atoms with Crippen molar-refractivity contribution in [2.45, 2.75) is 31.2 Å². The molecule has 0 aromatic carbocycles. The predicted octanol–water partition coefficient (Wildman–Crippen LogP) is 1.35. The molecule has 0 amide bonds. The van der Waals surface area contributed by atoms with Gasteiger partial charge in [0.1, 0.15) is 5.82 Å². The van der Waals surface area contributed by atoms with E-state index in [1.807, 2.05) is 4.90 Å². The van der Waals surface area contributed by atoms with Crippen molar-refractivity contribution in [3.63, 3.8) is 0 Å². The molecule has 3 rings (SSSR count). The molecule has 3 heterocycles. The van der Waals surface area contributed by atoms with E-state index < -0.39 is 23.9 Å². The Bertz CT molecular complexity index is 552. The fraction of sp³-hybridized carbons (Fsp3) is 0.688. The molecule has 0 unspecified atom stereocenters. The number of halogens is 3. The van der Waals surface area contributed by atoms with E-state index in [0.717, 1.165) is 44.9 Å². The van der Waals surface area contributed by atoms with E-state index in [1.54, 1.807) is 0 Å². The molecule has 24 heavy (non-hydrogen) atoms. The van der Waals surface area contributed by atoms with Crippen LogP contribution in [0.5, 0.6) is 0 Å². The van der Waals surface area contributed by atoms with E-state index in [0.29, 0.717) is 24.7 Å². The Morgan fingerprint density at radius 2 is 1.88 bits per heavy atom. The molecular weight excluding hydrogens is 323 g/mol. The highest BCUT2D eigenvalue weighted by Crippen LogP contribution is 2.30. The Morgan fingerprint density at radius 3 is 2.50 bits per heavy atom. The van der Waals surface area contributed by atoms with Crippen LogP contribution >= 0.6 is 0 Å². The van der Waals surface area contributed by atoms with Gasteiger partial charge >= 0.3 is 6.18 Å². The third-order valence-corrected chi connectivity index (χ3v) is 4.83. The van der Waals surface area contributed by atoms with Crippen molar-refractivity contribution < 1.29 is 23.4 Å². The SMILES string of the molecule is O[C@@H]1CCN(C[C@@H]2CCN(c3ccc(C(F)(F)F)cn3)C2)C[C@H]1O. The molecule has 2 fully saturated rings. The highest BCUT2D eigenvalue weighted by atomic mass is 19.4. The number of aromatic nitrogens is 1. The molecular formula is C16H22F3N3O2. The van der Waals surface area contributed by atoms with E-state index in [-0.39, 0.29) is 0 Å². The van der Waals surface area contributed by atoms with E-state index in [2.05, 4.69) is 9.88 Å². The van der Waals surface area contributed by atoms with Gasteiger partial charge in [-0.05, 0) is 30.9 Å². The van der Waals surface area contributed by atoms with Crippen molar-refractivity contribution in [2.75, 3.05) is 37.6 Å². The average molecular weight is 345 g/mol. The molecule has 0 aliphatic carbocycles. The van der Waals surface area contributed by atoms with Gasteiger partial charge < -0.3 is 20.0 Å². The predicted molar refractivity (Wildman–Crippen MR) is 82.6 cm³/mol. The molecule has 0 radical (unpaired) electrons. The Morgan fingerprint density at radius 1 is 1.08 bits per heavy atom. The van der Waals surface area contributed by atoms with Crippen LogP contribution in [0.25, 0.3) is 0 Å². The number of nitrogens with zero attached hydrogens (tertiary/aromatic N) is 3. The first-order valence-corrected chi connectivity index (χ1v) is 8.19. The van der Waals surface area contributed by atoms with Gasteiger partial charge in [0.15, 0.2) is 0 Å². The smallest absolute Gasteiger partial charge is 0.390 e.